The van der Waals surface area contributed by atoms with Crippen LogP contribution < -0.4 is 10.2 Å². The minimum Gasteiger partial charge on any atom is -0.319 e. The molecule has 6 nitrogen and oxygen atoms in total. The first kappa shape index (κ1) is 18.4. The van der Waals surface area contributed by atoms with Gasteiger partial charge in [0.2, 0.25) is 5.91 Å². The van der Waals surface area contributed by atoms with Gasteiger partial charge in [-0.05, 0) is 32.5 Å². The minimum absolute atomic E-state index is 0.0938. The summed E-state index contributed by atoms with van der Waals surface area (Å²) < 4.78 is 1.98. The quantitative estimate of drug-likeness (QED) is 0.756. The van der Waals surface area contributed by atoms with Gasteiger partial charge in [0.15, 0.2) is 0 Å². The van der Waals surface area contributed by atoms with Gasteiger partial charge in [-0.1, -0.05) is 47.7 Å². The monoisotopic (exact) mass is 375 g/mol. The van der Waals surface area contributed by atoms with Crippen LogP contribution >= 0.6 is 0 Å². The number of rotatable bonds is 4. The second-order valence-corrected chi connectivity index (χ2v) is 7.33. The Morgan fingerprint density at radius 3 is 2.57 bits per heavy atom. The number of amides is 1. The van der Waals surface area contributed by atoms with Crippen LogP contribution in [0.15, 0.2) is 48.5 Å². The molecule has 2 heterocycles. The van der Waals surface area contributed by atoms with Gasteiger partial charge in [-0.2, -0.15) is 0 Å². The molecule has 1 amide bonds. The van der Waals surface area contributed by atoms with E-state index in [0.717, 1.165) is 33.8 Å². The molecule has 0 atom stereocenters. The highest BCUT2D eigenvalue weighted by atomic mass is 16.2. The molecular weight excluding hydrogens is 350 g/mol. The maximum absolute atomic E-state index is 13.1. The first-order chi connectivity index (χ1) is 13.6. The molecule has 28 heavy (non-hydrogen) atoms. The number of benzene rings is 2. The summed E-state index contributed by atoms with van der Waals surface area (Å²) in [6.45, 7) is 5.39. The van der Waals surface area contributed by atoms with Gasteiger partial charge in [-0.25, -0.2) is 4.68 Å². The second-order valence-electron chi connectivity index (χ2n) is 7.33. The van der Waals surface area contributed by atoms with Crippen molar-refractivity contribution in [2.24, 2.45) is 0 Å². The predicted octanol–water partition coefficient (Wildman–Crippen LogP) is 3.65. The zero-order valence-corrected chi connectivity index (χ0v) is 16.5. The average molecular weight is 375 g/mol. The number of hydrogen-bond donors (Lipinski definition) is 1. The number of carbonyl (C=O) groups excluding carboxylic acids is 1. The zero-order chi connectivity index (χ0) is 19.7. The van der Waals surface area contributed by atoms with E-state index in [1.54, 1.807) is 0 Å². The van der Waals surface area contributed by atoms with Crippen molar-refractivity contribution in [2.45, 2.75) is 32.9 Å². The molecule has 1 N–H and O–H groups in total. The number of anilines is 1. The van der Waals surface area contributed by atoms with E-state index in [2.05, 4.69) is 41.6 Å². The Kier molecular flexibility index (Phi) is 4.96. The fraction of sp³-hybridized carbons (Fsp3) is 0.318. The standard InChI is InChI=1S/C22H25N5O/c1-15(2)27-22-17-9-5-4-8-16(17)14-26(20(28)12-13-23-3)19-11-7-6-10-18(19)21(22)24-25-27/h4-11,15,23H,12-14H2,1-3H3. The average Bonchev–Trinajstić information content (AvgIpc) is 3.14. The third-order valence-corrected chi connectivity index (χ3v) is 5.12. The largest absolute Gasteiger partial charge is 0.319 e. The van der Waals surface area contributed by atoms with Crippen molar-refractivity contribution in [3.8, 4) is 22.5 Å². The number of nitrogens with one attached hydrogen (secondary N) is 1. The smallest absolute Gasteiger partial charge is 0.228 e. The Labute approximate surface area is 165 Å². The van der Waals surface area contributed by atoms with Crippen molar-refractivity contribution in [3.63, 3.8) is 0 Å². The van der Waals surface area contributed by atoms with Crippen molar-refractivity contribution in [1.29, 1.82) is 0 Å². The normalized spacial score (nSPS) is 12.8. The molecule has 2 aromatic carbocycles. The van der Waals surface area contributed by atoms with Gasteiger partial charge in [-0.3, -0.25) is 4.79 Å². The second kappa shape index (κ2) is 7.56. The summed E-state index contributed by atoms with van der Waals surface area (Å²) in [5, 5.41) is 12.1. The van der Waals surface area contributed by atoms with Crippen molar-refractivity contribution >= 4 is 11.6 Å². The molecule has 0 saturated carbocycles. The SMILES string of the molecule is CNCCC(=O)N1Cc2ccccc2-c2c(nnn2C(C)C)-c2ccccc21. The van der Waals surface area contributed by atoms with Crippen LogP contribution in [-0.4, -0.2) is 34.5 Å². The van der Waals surface area contributed by atoms with Crippen LogP contribution in [0.1, 0.15) is 31.9 Å². The molecule has 0 fully saturated rings. The van der Waals surface area contributed by atoms with Crippen molar-refractivity contribution in [1.82, 2.24) is 20.3 Å². The Bertz CT molecular complexity index is 1010. The first-order valence-corrected chi connectivity index (χ1v) is 9.69. The van der Waals surface area contributed by atoms with Gasteiger partial charge >= 0.3 is 0 Å². The Morgan fingerprint density at radius 1 is 1.11 bits per heavy atom. The fourth-order valence-corrected chi connectivity index (χ4v) is 3.73. The molecule has 4 rings (SSSR count). The maximum atomic E-state index is 13.1. The molecule has 1 aliphatic rings. The molecule has 1 aliphatic heterocycles. The molecule has 0 bridgehead atoms. The third kappa shape index (κ3) is 3.10. The van der Waals surface area contributed by atoms with E-state index in [-0.39, 0.29) is 11.9 Å². The lowest BCUT2D eigenvalue weighted by atomic mass is 9.95. The lowest BCUT2D eigenvalue weighted by molar-refractivity contribution is -0.118. The van der Waals surface area contributed by atoms with Crippen molar-refractivity contribution in [2.75, 3.05) is 18.5 Å². The highest BCUT2D eigenvalue weighted by Crippen LogP contribution is 2.41. The van der Waals surface area contributed by atoms with E-state index in [0.29, 0.717) is 19.5 Å². The van der Waals surface area contributed by atoms with E-state index in [1.165, 1.54) is 0 Å². The van der Waals surface area contributed by atoms with Crippen LogP contribution in [0.2, 0.25) is 0 Å². The summed E-state index contributed by atoms with van der Waals surface area (Å²) in [4.78, 5) is 14.9. The fourth-order valence-electron chi connectivity index (χ4n) is 3.73. The molecule has 0 spiro atoms. The number of carbonyl (C=O) groups is 1. The predicted molar refractivity (Wildman–Crippen MR) is 111 cm³/mol. The number of nitrogens with zero attached hydrogens (tertiary/aromatic N) is 4. The van der Waals surface area contributed by atoms with E-state index in [9.17, 15) is 4.79 Å². The van der Waals surface area contributed by atoms with Crippen LogP contribution in [0.3, 0.4) is 0 Å². The van der Waals surface area contributed by atoms with Crippen LogP contribution in [0.4, 0.5) is 5.69 Å². The highest BCUT2D eigenvalue weighted by Gasteiger charge is 2.29. The van der Waals surface area contributed by atoms with Crippen molar-refractivity contribution < 1.29 is 4.79 Å². The van der Waals surface area contributed by atoms with Gasteiger partial charge in [0.05, 0.1) is 17.9 Å². The van der Waals surface area contributed by atoms with Crippen LogP contribution in [0, 0.1) is 0 Å². The number of aromatic nitrogens is 3. The first-order valence-electron chi connectivity index (χ1n) is 9.69. The van der Waals surface area contributed by atoms with E-state index in [1.807, 2.05) is 53.0 Å². The molecule has 0 aliphatic carbocycles. The lowest BCUT2D eigenvalue weighted by Gasteiger charge is -2.29. The Morgan fingerprint density at radius 2 is 1.82 bits per heavy atom. The molecule has 0 radical (unpaired) electrons. The molecular formula is C22H25N5O. The number of fused-ring (bicyclic) bond motifs is 5. The molecule has 3 aromatic rings. The lowest BCUT2D eigenvalue weighted by Crippen LogP contribution is -2.33. The Hall–Kier alpha value is -2.99. The topological polar surface area (TPSA) is 63.1 Å². The van der Waals surface area contributed by atoms with Gasteiger partial charge in [0.25, 0.3) is 0 Å². The molecule has 1 aromatic heterocycles. The molecule has 0 unspecified atom stereocenters. The van der Waals surface area contributed by atoms with Gasteiger partial charge in [0.1, 0.15) is 5.69 Å². The van der Waals surface area contributed by atoms with Gasteiger partial charge in [-0.15, -0.1) is 5.10 Å². The van der Waals surface area contributed by atoms with Gasteiger partial charge in [0, 0.05) is 30.1 Å². The summed E-state index contributed by atoms with van der Waals surface area (Å²) >= 11 is 0. The minimum atomic E-state index is 0.0938. The summed E-state index contributed by atoms with van der Waals surface area (Å²) in [6.07, 6.45) is 0.443. The van der Waals surface area contributed by atoms with Crippen LogP contribution in [-0.2, 0) is 11.3 Å². The number of hydrogen-bond acceptors (Lipinski definition) is 4. The summed E-state index contributed by atoms with van der Waals surface area (Å²) in [5.74, 6) is 0.0938. The third-order valence-electron chi connectivity index (χ3n) is 5.12. The summed E-state index contributed by atoms with van der Waals surface area (Å²) in [6, 6.07) is 16.4. The van der Waals surface area contributed by atoms with Crippen molar-refractivity contribution in [3.05, 3.63) is 54.1 Å². The maximum Gasteiger partial charge on any atom is 0.228 e. The van der Waals surface area contributed by atoms with E-state index < -0.39 is 0 Å². The molecule has 144 valence electrons. The van der Waals surface area contributed by atoms with E-state index in [4.69, 9.17) is 0 Å². The highest BCUT2D eigenvalue weighted by molar-refractivity contribution is 6.00. The van der Waals surface area contributed by atoms with E-state index >= 15 is 0 Å². The van der Waals surface area contributed by atoms with Crippen LogP contribution in [0.25, 0.3) is 22.5 Å². The number of para-hydroxylation sites is 1. The molecule has 0 saturated heterocycles. The van der Waals surface area contributed by atoms with Gasteiger partial charge < -0.3 is 10.2 Å². The summed E-state index contributed by atoms with van der Waals surface area (Å²) in [5.41, 5.74) is 5.84. The molecule has 6 heteroatoms. The Balaban J connectivity index is 1.97. The zero-order valence-electron chi connectivity index (χ0n) is 16.5. The van der Waals surface area contributed by atoms with Crippen LogP contribution in [0.5, 0.6) is 0 Å². The summed E-state index contributed by atoms with van der Waals surface area (Å²) in [7, 11) is 1.86.